The van der Waals surface area contributed by atoms with Gasteiger partial charge in [0.2, 0.25) is 0 Å². The maximum atomic E-state index is 13.0. The summed E-state index contributed by atoms with van der Waals surface area (Å²) in [6.45, 7) is 3.72. The predicted octanol–water partition coefficient (Wildman–Crippen LogP) is 1.94. The van der Waals surface area contributed by atoms with E-state index in [-0.39, 0.29) is 12.1 Å². The fraction of sp³-hybridized carbons (Fsp3) is 0.250. The molecule has 0 saturated carbocycles. The van der Waals surface area contributed by atoms with Gasteiger partial charge >= 0.3 is 0 Å². The van der Waals surface area contributed by atoms with Crippen LogP contribution in [0.4, 0.5) is 0 Å². The van der Waals surface area contributed by atoms with Crippen LogP contribution < -0.4 is 5.56 Å². The Morgan fingerprint density at radius 1 is 1.18 bits per heavy atom. The first-order chi connectivity index (χ1) is 13.4. The zero-order chi connectivity index (χ0) is 19.8. The molecule has 0 saturated heterocycles. The lowest BCUT2D eigenvalue weighted by molar-refractivity contribution is 0.172. The molecule has 4 aromatic heterocycles. The molecule has 4 heterocycles. The molecule has 0 aromatic carbocycles. The second kappa shape index (κ2) is 6.97. The van der Waals surface area contributed by atoms with Crippen molar-refractivity contribution in [2.45, 2.75) is 26.5 Å². The zero-order valence-corrected chi connectivity index (χ0v) is 15.9. The van der Waals surface area contributed by atoms with Crippen molar-refractivity contribution in [1.82, 2.24) is 29.3 Å². The molecule has 0 aliphatic heterocycles. The van der Waals surface area contributed by atoms with Crippen LogP contribution in [0, 0.1) is 6.92 Å². The lowest BCUT2D eigenvalue weighted by atomic mass is 10.1. The zero-order valence-electron chi connectivity index (χ0n) is 15.9. The van der Waals surface area contributed by atoms with Gasteiger partial charge < -0.3 is 5.11 Å². The standard InChI is InChI=1S/C20H20N6O2/c1-12-4-5-14(7-21-12)17-6-16-19(18(24-17)15-8-23-25(3)10-15)22-11-26(20(16)28)9-13(2)27/h4-8,10-11,13,27H,9H2,1-3H3/t13-/m1/s1. The number of aryl methyl sites for hydroxylation is 2. The summed E-state index contributed by atoms with van der Waals surface area (Å²) in [6.07, 6.45) is 6.06. The van der Waals surface area contributed by atoms with Crippen molar-refractivity contribution in [3.05, 3.63) is 59.2 Å². The molecule has 8 nitrogen and oxygen atoms in total. The summed E-state index contributed by atoms with van der Waals surface area (Å²) in [5.41, 5.74) is 3.98. The number of aliphatic hydroxyl groups is 1. The number of pyridine rings is 2. The van der Waals surface area contributed by atoms with Gasteiger partial charge in [0.1, 0.15) is 11.2 Å². The highest BCUT2D eigenvalue weighted by atomic mass is 16.3. The normalized spacial score (nSPS) is 12.4. The second-order valence-corrected chi connectivity index (χ2v) is 6.89. The van der Waals surface area contributed by atoms with E-state index in [1.54, 1.807) is 30.1 Å². The summed E-state index contributed by atoms with van der Waals surface area (Å²) in [4.78, 5) is 26.6. The molecular weight excluding hydrogens is 356 g/mol. The summed E-state index contributed by atoms with van der Waals surface area (Å²) in [7, 11) is 1.82. The van der Waals surface area contributed by atoms with Crippen LogP contribution in [0.5, 0.6) is 0 Å². The first kappa shape index (κ1) is 18.0. The van der Waals surface area contributed by atoms with Crippen LogP contribution in [0.15, 0.2) is 47.9 Å². The van der Waals surface area contributed by atoms with E-state index in [2.05, 4.69) is 15.1 Å². The van der Waals surface area contributed by atoms with E-state index in [4.69, 9.17) is 4.98 Å². The molecule has 8 heteroatoms. The third kappa shape index (κ3) is 3.29. The average Bonchev–Trinajstić information content (AvgIpc) is 3.10. The SMILES string of the molecule is Cc1ccc(-c2cc3c(=O)n(C[C@@H](C)O)cnc3c(-c3cnn(C)c3)n2)cn1. The van der Waals surface area contributed by atoms with Crippen LogP contribution >= 0.6 is 0 Å². The van der Waals surface area contributed by atoms with Gasteiger partial charge in [-0.25, -0.2) is 9.97 Å². The van der Waals surface area contributed by atoms with E-state index in [1.807, 2.05) is 32.3 Å². The molecule has 0 bridgehead atoms. The van der Waals surface area contributed by atoms with Gasteiger partial charge in [0, 0.05) is 36.3 Å². The van der Waals surface area contributed by atoms with Gasteiger partial charge in [-0.15, -0.1) is 0 Å². The smallest absolute Gasteiger partial charge is 0.261 e. The Kier molecular flexibility index (Phi) is 4.48. The molecule has 0 spiro atoms. The van der Waals surface area contributed by atoms with Crippen molar-refractivity contribution in [3.63, 3.8) is 0 Å². The summed E-state index contributed by atoms with van der Waals surface area (Å²) < 4.78 is 3.09. The molecule has 4 rings (SSSR count). The van der Waals surface area contributed by atoms with E-state index in [0.29, 0.717) is 22.3 Å². The molecule has 0 aliphatic rings. The van der Waals surface area contributed by atoms with Gasteiger partial charge in [0.15, 0.2) is 0 Å². The summed E-state index contributed by atoms with van der Waals surface area (Å²) in [5.74, 6) is 0. The monoisotopic (exact) mass is 376 g/mol. The lowest BCUT2D eigenvalue weighted by Gasteiger charge is -2.11. The summed E-state index contributed by atoms with van der Waals surface area (Å²) >= 11 is 0. The Balaban J connectivity index is 2.01. The fourth-order valence-corrected chi connectivity index (χ4v) is 3.09. The third-order valence-electron chi connectivity index (χ3n) is 4.46. The van der Waals surface area contributed by atoms with Crippen LogP contribution in [0.1, 0.15) is 12.6 Å². The van der Waals surface area contributed by atoms with Gasteiger partial charge in [0.05, 0.1) is 36.3 Å². The third-order valence-corrected chi connectivity index (χ3v) is 4.46. The summed E-state index contributed by atoms with van der Waals surface area (Å²) in [6, 6.07) is 5.56. The Labute approximate surface area is 161 Å². The first-order valence-electron chi connectivity index (χ1n) is 8.92. The highest BCUT2D eigenvalue weighted by molar-refractivity contribution is 5.93. The minimum absolute atomic E-state index is 0.174. The molecule has 4 aromatic rings. The Hall–Kier alpha value is -3.39. The number of nitrogens with zero attached hydrogens (tertiary/aromatic N) is 6. The van der Waals surface area contributed by atoms with Crippen LogP contribution in [0.3, 0.4) is 0 Å². The van der Waals surface area contributed by atoms with Crippen LogP contribution in [0.2, 0.25) is 0 Å². The maximum Gasteiger partial charge on any atom is 0.261 e. The van der Waals surface area contributed by atoms with Crippen LogP contribution in [-0.4, -0.2) is 40.5 Å². The van der Waals surface area contributed by atoms with E-state index in [9.17, 15) is 9.90 Å². The van der Waals surface area contributed by atoms with Crippen molar-refractivity contribution in [2.24, 2.45) is 7.05 Å². The molecule has 0 amide bonds. The number of aromatic nitrogens is 6. The van der Waals surface area contributed by atoms with Gasteiger partial charge in [0.25, 0.3) is 5.56 Å². The van der Waals surface area contributed by atoms with Crippen LogP contribution in [0.25, 0.3) is 33.4 Å². The Bertz CT molecular complexity index is 1210. The lowest BCUT2D eigenvalue weighted by Crippen LogP contribution is -2.25. The minimum Gasteiger partial charge on any atom is -0.392 e. The molecule has 0 aliphatic carbocycles. The van der Waals surface area contributed by atoms with E-state index < -0.39 is 6.10 Å². The average molecular weight is 376 g/mol. The quantitative estimate of drug-likeness (QED) is 0.584. The summed E-state index contributed by atoms with van der Waals surface area (Å²) in [5, 5.41) is 14.3. The molecule has 1 N–H and O–H groups in total. The first-order valence-corrected chi connectivity index (χ1v) is 8.92. The fourth-order valence-electron chi connectivity index (χ4n) is 3.09. The van der Waals surface area contributed by atoms with Crippen molar-refractivity contribution < 1.29 is 5.11 Å². The maximum absolute atomic E-state index is 13.0. The molecule has 1 atom stereocenters. The molecule has 0 radical (unpaired) electrons. The molecule has 28 heavy (non-hydrogen) atoms. The van der Waals surface area contributed by atoms with Crippen molar-refractivity contribution in [1.29, 1.82) is 0 Å². The molecule has 0 unspecified atom stereocenters. The van der Waals surface area contributed by atoms with Gasteiger partial charge in [-0.3, -0.25) is 19.0 Å². The van der Waals surface area contributed by atoms with Gasteiger partial charge in [-0.2, -0.15) is 5.10 Å². The highest BCUT2D eigenvalue weighted by Gasteiger charge is 2.16. The predicted molar refractivity (Wildman–Crippen MR) is 106 cm³/mol. The van der Waals surface area contributed by atoms with Crippen LogP contribution in [-0.2, 0) is 13.6 Å². The number of rotatable bonds is 4. The number of hydrogen-bond acceptors (Lipinski definition) is 6. The van der Waals surface area contributed by atoms with Crippen molar-refractivity contribution in [2.75, 3.05) is 0 Å². The largest absolute Gasteiger partial charge is 0.392 e. The van der Waals surface area contributed by atoms with Crippen molar-refractivity contribution in [3.8, 4) is 22.5 Å². The van der Waals surface area contributed by atoms with Gasteiger partial charge in [-0.1, -0.05) is 0 Å². The number of fused-ring (bicyclic) bond motifs is 1. The Morgan fingerprint density at radius 3 is 2.64 bits per heavy atom. The topological polar surface area (TPSA) is 98.7 Å². The van der Waals surface area contributed by atoms with Crippen molar-refractivity contribution >= 4 is 10.9 Å². The Morgan fingerprint density at radius 2 is 2.00 bits per heavy atom. The minimum atomic E-state index is -0.655. The van der Waals surface area contributed by atoms with Gasteiger partial charge in [-0.05, 0) is 32.0 Å². The molecule has 0 fully saturated rings. The highest BCUT2D eigenvalue weighted by Crippen LogP contribution is 2.28. The van der Waals surface area contributed by atoms with E-state index in [1.165, 1.54) is 10.9 Å². The number of hydrogen-bond donors (Lipinski definition) is 1. The van der Waals surface area contributed by atoms with E-state index in [0.717, 1.165) is 16.8 Å². The second-order valence-electron chi connectivity index (χ2n) is 6.89. The number of aliphatic hydroxyl groups excluding tert-OH is 1. The molecular formula is C20H20N6O2. The molecule has 142 valence electrons. The van der Waals surface area contributed by atoms with E-state index >= 15 is 0 Å².